The van der Waals surface area contributed by atoms with Gasteiger partial charge >= 0.3 is 0 Å². The first-order valence-corrected chi connectivity index (χ1v) is 8.56. The van der Waals surface area contributed by atoms with Crippen LogP contribution in [-0.2, 0) is 10.8 Å². The molecule has 0 heterocycles. The largest absolute Gasteiger partial charge is 0.418 e. The van der Waals surface area contributed by atoms with Crippen molar-refractivity contribution in [1.82, 2.24) is 0 Å². The van der Waals surface area contributed by atoms with Gasteiger partial charge in [0, 0.05) is 5.41 Å². The summed E-state index contributed by atoms with van der Waals surface area (Å²) in [7, 11) is 0.751. The molecule has 0 fully saturated rings. The van der Waals surface area contributed by atoms with E-state index in [1.807, 2.05) is 0 Å². The van der Waals surface area contributed by atoms with Crippen molar-refractivity contribution < 1.29 is 4.43 Å². The van der Waals surface area contributed by atoms with E-state index in [1.54, 1.807) is 0 Å². The topological polar surface area (TPSA) is 9.23 Å². The quantitative estimate of drug-likeness (QED) is 0.547. The van der Waals surface area contributed by atoms with E-state index in [9.17, 15) is 0 Å². The lowest BCUT2D eigenvalue weighted by atomic mass is 9.68. The van der Waals surface area contributed by atoms with Gasteiger partial charge in [0.1, 0.15) is 10.5 Å². The minimum absolute atomic E-state index is 0.0621. The van der Waals surface area contributed by atoms with Crippen LogP contribution in [0.1, 0.15) is 40.2 Å². The molecule has 1 aromatic carbocycles. The zero-order chi connectivity index (χ0) is 14.7. The Morgan fingerprint density at radius 1 is 1.16 bits per heavy atom. The second-order valence-electron chi connectivity index (χ2n) is 5.94. The zero-order valence-electron chi connectivity index (χ0n) is 12.9. The number of halogens is 1. The van der Waals surface area contributed by atoms with E-state index < -0.39 is 0 Å². The molecule has 0 aliphatic rings. The highest BCUT2D eigenvalue weighted by Gasteiger charge is 2.42. The maximum atomic E-state index is 6.07. The number of hydrogen-bond acceptors (Lipinski definition) is 1. The average molecular weight is 388 g/mol. The van der Waals surface area contributed by atoms with Crippen LogP contribution in [-0.4, -0.2) is 16.1 Å². The molecule has 0 spiro atoms. The summed E-state index contributed by atoms with van der Waals surface area (Å²) in [5, 5.41) is 0. The molecule has 1 rings (SSSR count). The van der Waals surface area contributed by atoms with Gasteiger partial charge in [-0.3, -0.25) is 0 Å². The molecule has 0 aliphatic heterocycles. The summed E-state index contributed by atoms with van der Waals surface area (Å²) < 4.78 is 7.40. The third-order valence-corrected chi connectivity index (χ3v) is 6.05. The fourth-order valence-corrected chi connectivity index (χ4v) is 3.91. The lowest BCUT2D eigenvalue weighted by molar-refractivity contribution is 0.0124. The van der Waals surface area contributed by atoms with Gasteiger partial charge in [-0.2, -0.15) is 0 Å². The van der Waals surface area contributed by atoms with Crippen LogP contribution >= 0.6 is 22.6 Å². The molecule has 106 valence electrons. The lowest BCUT2D eigenvalue weighted by Gasteiger charge is -2.45. The Morgan fingerprint density at radius 3 is 2.11 bits per heavy atom. The van der Waals surface area contributed by atoms with Crippen molar-refractivity contribution in [2.24, 2.45) is 5.41 Å². The number of hydrogen-bond donors (Lipinski definition) is 0. The third kappa shape index (κ3) is 3.70. The Bertz CT molecular complexity index is 449. The van der Waals surface area contributed by atoms with Crippen LogP contribution < -0.4 is 0 Å². The summed E-state index contributed by atoms with van der Waals surface area (Å²) >= 11 is 2.40. The number of allylic oxidation sites excluding steroid dienone is 1. The van der Waals surface area contributed by atoms with E-state index >= 15 is 0 Å². The molecule has 0 aromatic heterocycles. The van der Waals surface area contributed by atoms with Crippen molar-refractivity contribution in [3.8, 4) is 0 Å². The third-order valence-electron chi connectivity index (χ3n) is 4.42. The minimum Gasteiger partial charge on any atom is -0.418 e. The Hall–Kier alpha value is -0.133. The summed E-state index contributed by atoms with van der Waals surface area (Å²) in [6.45, 7) is 11.2. The van der Waals surface area contributed by atoms with Gasteiger partial charge in [-0.15, -0.1) is 0 Å². The van der Waals surface area contributed by atoms with Gasteiger partial charge in [0.05, 0.1) is 5.60 Å². The van der Waals surface area contributed by atoms with Gasteiger partial charge in [0.15, 0.2) is 0 Å². The molecule has 1 aromatic rings. The minimum atomic E-state index is -0.194. The van der Waals surface area contributed by atoms with E-state index in [-0.39, 0.29) is 11.0 Å². The fraction of sp³-hybridized carbons (Fsp3) is 0.500. The molecular weight excluding hydrogens is 363 g/mol. The van der Waals surface area contributed by atoms with Crippen molar-refractivity contribution in [2.45, 2.75) is 46.6 Å². The predicted octanol–water partition coefficient (Wildman–Crippen LogP) is 4.04. The van der Waals surface area contributed by atoms with Gasteiger partial charge < -0.3 is 4.43 Å². The van der Waals surface area contributed by atoms with Gasteiger partial charge in [-0.25, -0.2) is 0 Å². The highest BCUT2D eigenvalue weighted by Crippen LogP contribution is 2.43. The van der Waals surface area contributed by atoms with Crippen molar-refractivity contribution in [3.63, 3.8) is 0 Å². The molecule has 3 heteroatoms. The molecule has 1 unspecified atom stereocenters. The molecule has 0 radical (unpaired) electrons. The molecule has 0 N–H and O–H groups in total. The Balaban J connectivity index is 3.12. The lowest BCUT2D eigenvalue weighted by Crippen LogP contribution is -2.46. The van der Waals surface area contributed by atoms with E-state index in [0.29, 0.717) is 0 Å². The summed E-state index contributed by atoms with van der Waals surface area (Å²) in [6, 6.07) is 10.7. The summed E-state index contributed by atoms with van der Waals surface area (Å²) in [4.78, 5) is 0. The molecule has 1 nitrogen and oxygen atoms in total. The van der Waals surface area contributed by atoms with Gasteiger partial charge in [-0.1, -0.05) is 44.2 Å². The van der Waals surface area contributed by atoms with Crippen LogP contribution in [0, 0.1) is 5.41 Å². The molecule has 0 saturated carbocycles. The first-order valence-electron chi connectivity index (χ1n) is 6.67. The van der Waals surface area contributed by atoms with Crippen LogP contribution in [0.5, 0.6) is 0 Å². The molecule has 19 heavy (non-hydrogen) atoms. The smallest absolute Gasteiger partial charge is 0.147 e. The average Bonchev–Trinajstić information content (AvgIpc) is 2.37. The standard InChI is InChI=1S/C16H25IOSi/c1-12(13(2)17)16(5,18-19)15(3,4)11-14-9-7-6-8-10-14/h6-10H,11H2,1-5,19H3. The second-order valence-corrected chi connectivity index (χ2v) is 7.97. The van der Waals surface area contributed by atoms with Crippen LogP contribution in [0.25, 0.3) is 0 Å². The van der Waals surface area contributed by atoms with Crippen LogP contribution in [0.2, 0.25) is 0 Å². The molecule has 0 aliphatic carbocycles. The number of rotatable bonds is 5. The Labute approximate surface area is 134 Å². The van der Waals surface area contributed by atoms with Crippen molar-refractivity contribution in [1.29, 1.82) is 0 Å². The molecule has 1 atom stereocenters. The monoisotopic (exact) mass is 388 g/mol. The summed E-state index contributed by atoms with van der Waals surface area (Å²) in [6.07, 6.45) is 1.02. The molecule has 0 amide bonds. The van der Waals surface area contributed by atoms with E-state index in [1.165, 1.54) is 14.7 Å². The zero-order valence-corrected chi connectivity index (χ0v) is 17.0. The van der Waals surface area contributed by atoms with E-state index in [0.717, 1.165) is 16.9 Å². The first kappa shape index (κ1) is 16.9. The molecular formula is C16H25IOSi. The Morgan fingerprint density at radius 2 is 1.68 bits per heavy atom. The van der Waals surface area contributed by atoms with Gasteiger partial charge in [-0.05, 0) is 64.5 Å². The van der Waals surface area contributed by atoms with E-state index in [2.05, 4.69) is 87.5 Å². The van der Waals surface area contributed by atoms with Crippen LogP contribution in [0.15, 0.2) is 39.5 Å². The Kier molecular flexibility index (Phi) is 5.83. The second kappa shape index (κ2) is 6.55. The van der Waals surface area contributed by atoms with Crippen LogP contribution in [0.3, 0.4) is 0 Å². The number of benzene rings is 1. The molecule has 0 bridgehead atoms. The normalized spacial score (nSPS) is 16.9. The highest BCUT2D eigenvalue weighted by molar-refractivity contribution is 14.1. The van der Waals surface area contributed by atoms with E-state index in [4.69, 9.17) is 4.43 Å². The maximum Gasteiger partial charge on any atom is 0.147 e. The van der Waals surface area contributed by atoms with Crippen molar-refractivity contribution in [3.05, 3.63) is 45.0 Å². The maximum absolute atomic E-state index is 6.07. The highest BCUT2D eigenvalue weighted by atomic mass is 127. The van der Waals surface area contributed by atoms with Gasteiger partial charge in [0.2, 0.25) is 0 Å². The summed E-state index contributed by atoms with van der Waals surface area (Å²) in [5.41, 5.74) is 2.59. The van der Waals surface area contributed by atoms with Crippen molar-refractivity contribution >= 4 is 33.1 Å². The molecule has 0 saturated heterocycles. The SMILES string of the molecule is CC(I)=C(C)C(C)(O[SiH3])C(C)(C)Cc1ccccc1. The summed E-state index contributed by atoms with van der Waals surface area (Å²) in [5.74, 6) is 0. The fourth-order valence-electron chi connectivity index (χ4n) is 2.54. The first-order chi connectivity index (χ1) is 8.74. The van der Waals surface area contributed by atoms with Crippen LogP contribution in [0.4, 0.5) is 0 Å². The van der Waals surface area contributed by atoms with Crippen molar-refractivity contribution in [2.75, 3.05) is 0 Å². The van der Waals surface area contributed by atoms with Gasteiger partial charge in [0.25, 0.3) is 0 Å². The predicted molar refractivity (Wildman–Crippen MR) is 95.8 cm³/mol.